The first-order chi connectivity index (χ1) is 17.4. The summed E-state index contributed by atoms with van der Waals surface area (Å²) in [7, 11) is 6.02. The number of carbonyl (C=O) groups excluding carboxylic acids is 1. The van der Waals surface area contributed by atoms with Crippen LogP contribution in [0.1, 0.15) is 18.4 Å². The largest absolute Gasteiger partial charge is 0.488 e. The number of benzene rings is 2. The van der Waals surface area contributed by atoms with Gasteiger partial charge >= 0.3 is 0 Å². The number of hydrogen-bond donors (Lipinski definition) is 2. The molecule has 1 saturated heterocycles. The molecule has 8 nitrogen and oxygen atoms in total. The Balaban J connectivity index is 1.67. The van der Waals surface area contributed by atoms with E-state index in [1.807, 2.05) is 61.5 Å². The number of terminal acetylenes is 1. The summed E-state index contributed by atoms with van der Waals surface area (Å²) in [5, 5.41) is 7.08. The van der Waals surface area contributed by atoms with Gasteiger partial charge in [-0.2, -0.15) is 0 Å². The van der Waals surface area contributed by atoms with E-state index in [4.69, 9.17) is 11.2 Å². The average molecular weight is 485 g/mol. The summed E-state index contributed by atoms with van der Waals surface area (Å²) in [6.07, 6.45) is 12.3. The fraction of sp³-hybridized carbons (Fsp3) is 0.321. The van der Waals surface area contributed by atoms with Gasteiger partial charge in [0.2, 0.25) is 5.91 Å². The van der Waals surface area contributed by atoms with Crippen molar-refractivity contribution in [3.05, 3.63) is 60.4 Å². The predicted molar refractivity (Wildman–Crippen MR) is 145 cm³/mol. The Morgan fingerprint density at radius 2 is 2.06 bits per heavy atom. The maximum Gasteiger partial charge on any atom is 0.248 e. The Bertz CT molecular complexity index is 1290. The van der Waals surface area contributed by atoms with Gasteiger partial charge in [0.1, 0.15) is 24.0 Å². The molecule has 1 fully saturated rings. The average Bonchev–Trinajstić information content (AvgIpc) is 2.86. The number of aromatic nitrogens is 2. The quantitative estimate of drug-likeness (QED) is 0.371. The number of anilines is 3. The fourth-order valence-corrected chi connectivity index (χ4v) is 4.03. The van der Waals surface area contributed by atoms with Gasteiger partial charge < -0.3 is 25.2 Å². The Kier molecular flexibility index (Phi) is 8.16. The molecule has 0 atom stereocenters. The van der Waals surface area contributed by atoms with Crippen molar-refractivity contribution < 1.29 is 9.53 Å². The highest BCUT2D eigenvalue weighted by Crippen LogP contribution is 2.35. The number of amides is 1. The van der Waals surface area contributed by atoms with E-state index >= 15 is 0 Å². The van der Waals surface area contributed by atoms with E-state index in [2.05, 4.69) is 38.5 Å². The van der Waals surface area contributed by atoms with Crippen molar-refractivity contribution in [1.82, 2.24) is 19.8 Å². The number of nitrogens with one attached hydrogen (secondary N) is 2. The lowest BCUT2D eigenvalue weighted by atomic mass is 10.1. The summed E-state index contributed by atoms with van der Waals surface area (Å²) in [5.41, 5.74) is 2.87. The van der Waals surface area contributed by atoms with Crippen LogP contribution in [-0.4, -0.2) is 72.6 Å². The van der Waals surface area contributed by atoms with Gasteiger partial charge in [-0.15, -0.1) is 6.42 Å². The molecule has 186 valence electrons. The van der Waals surface area contributed by atoms with Crippen molar-refractivity contribution >= 4 is 34.0 Å². The van der Waals surface area contributed by atoms with Gasteiger partial charge in [-0.25, -0.2) is 9.97 Å². The molecule has 0 saturated carbocycles. The molecular weight excluding hydrogens is 452 g/mol. The summed E-state index contributed by atoms with van der Waals surface area (Å²) < 4.78 is 6.40. The lowest BCUT2D eigenvalue weighted by Crippen LogP contribution is -2.35. The topological polar surface area (TPSA) is 82.6 Å². The van der Waals surface area contributed by atoms with Crippen molar-refractivity contribution in [3.8, 4) is 18.1 Å². The maximum absolute atomic E-state index is 12.7. The molecule has 0 radical (unpaired) electrons. The number of rotatable bonds is 8. The molecule has 1 aliphatic heterocycles. The Labute approximate surface area is 212 Å². The monoisotopic (exact) mass is 484 g/mol. The van der Waals surface area contributed by atoms with Crippen LogP contribution in [0.3, 0.4) is 0 Å². The SMILES string of the molecule is C#Cc1cccc(Nc2ncnc3cc(OC4CCN(C)CC4)c(NC(=O)/C=C/CN(C)C)cc23)c1. The summed E-state index contributed by atoms with van der Waals surface area (Å²) >= 11 is 0. The zero-order chi connectivity index (χ0) is 25.5. The molecule has 1 aromatic heterocycles. The van der Waals surface area contributed by atoms with E-state index < -0.39 is 0 Å². The standard InChI is InChI=1S/C28H32N6O2/c1-5-20-8-6-9-21(16-20)31-28-23-17-25(32-27(35)10-7-13-33(2)3)26(18-24(23)29-19-30-28)36-22-11-14-34(4)15-12-22/h1,6-10,16-19,22H,11-15H2,2-4H3,(H,32,35)(H,29,30,31)/b10-7+. The molecule has 36 heavy (non-hydrogen) atoms. The number of likely N-dealkylation sites (tertiary alicyclic amines) is 1. The van der Waals surface area contributed by atoms with Gasteiger partial charge in [-0.3, -0.25) is 4.79 Å². The molecule has 4 rings (SSSR count). The Morgan fingerprint density at radius 1 is 1.25 bits per heavy atom. The third-order valence-corrected chi connectivity index (χ3v) is 5.99. The summed E-state index contributed by atoms with van der Waals surface area (Å²) in [6, 6.07) is 11.3. The van der Waals surface area contributed by atoms with Crippen molar-refractivity contribution in [2.45, 2.75) is 18.9 Å². The van der Waals surface area contributed by atoms with Crippen molar-refractivity contribution in [2.24, 2.45) is 0 Å². The van der Waals surface area contributed by atoms with Crippen LogP contribution in [0.15, 0.2) is 54.9 Å². The molecule has 3 aromatic rings. The van der Waals surface area contributed by atoms with E-state index in [0.717, 1.165) is 42.6 Å². The third kappa shape index (κ3) is 6.60. The molecule has 2 aromatic carbocycles. The first kappa shape index (κ1) is 25.2. The van der Waals surface area contributed by atoms with Gasteiger partial charge in [-0.1, -0.05) is 18.1 Å². The lowest BCUT2D eigenvalue weighted by molar-refractivity contribution is -0.111. The minimum absolute atomic E-state index is 0.0736. The van der Waals surface area contributed by atoms with E-state index in [1.165, 1.54) is 12.4 Å². The van der Waals surface area contributed by atoms with E-state index in [1.54, 1.807) is 0 Å². The molecule has 0 unspecified atom stereocenters. The summed E-state index contributed by atoms with van der Waals surface area (Å²) in [5.74, 6) is 3.63. The normalized spacial score (nSPS) is 14.8. The van der Waals surface area contributed by atoms with Crippen LogP contribution in [0, 0.1) is 12.3 Å². The first-order valence-corrected chi connectivity index (χ1v) is 12.0. The molecule has 1 aliphatic rings. The first-order valence-electron chi connectivity index (χ1n) is 12.0. The van der Waals surface area contributed by atoms with Crippen LogP contribution >= 0.6 is 0 Å². The van der Waals surface area contributed by atoms with Gasteiger partial charge in [0, 0.05) is 48.4 Å². The molecule has 2 heterocycles. The van der Waals surface area contributed by atoms with Crippen LogP contribution in [0.5, 0.6) is 5.75 Å². The molecule has 2 N–H and O–H groups in total. The van der Waals surface area contributed by atoms with Gasteiger partial charge in [0.05, 0.1) is 11.2 Å². The number of likely N-dealkylation sites (N-methyl/N-ethyl adjacent to an activating group) is 1. The minimum atomic E-state index is -0.225. The zero-order valence-corrected chi connectivity index (χ0v) is 21.0. The number of ether oxygens (including phenoxy) is 1. The molecular formula is C28H32N6O2. The molecule has 8 heteroatoms. The highest BCUT2D eigenvalue weighted by atomic mass is 16.5. The smallest absolute Gasteiger partial charge is 0.248 e. The van der Waals surface area contributed by atoms with Crippen LogP contribution in [0.4, 0.5) is 17.2 Å². The molecule has 0 spiro atoms. The minimum Gasteiger partial charge on any atom is -0.488 e. The fourth-order valence-electron chi connectivity index (χ4n) is 4.03. The van der Waals surface area contributed by atoms with E-state index in [0.29, 0.717) is 29.3 Å². The highest BCUT2D eigenvalue weighted by molar-refractivity contribution is 6.03. The number of fused-ring (bicyclic) bond motifs is 1. The second kappa shape index (κ2) is 11.7. The molecule has 1 amide bonds. The van der Waals surface area contributed by atoms with Crippen LogP contribution in [0.2, 0.25) is 0 Å². The van der Waals surface area contributed by atoms with E-state index in [9.17, 15) is 4.79 Å². The number of piperidine rings is 1. The van der Waals surface area contributed by atoms with Crippen LogP contribution < -0.4 is 15.4 Å². The number of hydrogen-bond acceptors (Lipinski definition) is 7. The van der Waals surface area contributed by atoms with Crippen LogP contribution in [-0.2, 0) is 4.79 Å². The molecule has 0 aliphatic carbocycles. The van der Waals surface area contributed by atoms with E-state index in [-0.39, 0.29) is 12.0 Å². The summed E-state index contributed by atoms with van der Waals surface area (Å²) in [4.78, 5) is 25.9. The lowest BCUT2D eigenvalue weighted by Gasteiger charge is -2.30. The zero-order valence-electron chi connectivity index (χ0n) is 21.0. The maximum atomic E-state index is 12.7. The van der Waals surface area contributed by atoms with Crippen LogP contribution in [0.25, 0.3) is 10.9 Å². The predicted octanol–water partition coefficient (Wildman–Crippen LogP) is 3.88. The van der Waals surface area contributed by atoms with Crippen molar-refractivity contribution in [3.63, 3.8) is 0 Å². The van der Waals surface area contributed by atoms with Gasteiger partial charge in [0.25, 0.3) is 0 Å². The van der Waals surface area contributed by atoms with Crippen molar-refractivity contribution in [1.29, 1.82) is 0 Å². The van der Waals surface area contributed by atoms with Crippen molar-refractivity contribution in [2.75, 3.05) is 51.4 Å². The Morgan fingerprint density at radius 3 is 2.81 bits per heavy atom. The third-order valence-electron chi connectivity index (χ3n) is 5.99. The van der Waals surface area contributed by atoms with Gasteiger partial charge in [-0.05, 0) is 58.3 Å². The highest BCUT2D eigenvalue weighted by Gasteiger charge is 2.21. The number of carbonyl (C=O) groups is 1. The summed E-state index contributed by atoms with van der Waals surface area (Å²) in [6.45, 7) is 2.61. The second-order valence-electron chi connectivity index (χ2n) is 9.21. The molecule has 0 bridgehead atoms. The van der Waals surface area contributed by atoms with Gasteiger partial charge in [0.15, 0.2) is 0 Å². The Hall–Kier alpha value is -3.93. The number of nitrogens with zero attached hydrogens (tertiary/aromatic N) is 4. The second-order valence-corrected chi connectivity index (χ2v) is 9.21.